The van der Waals surface area contributed by atoms with E-state index in [2.05, 4.69) is 15.4 Å². The molecule has 3 N–H and O–H groups in total. The first kappa shape index (κ1) is 26.0. The number of anilines is 1. The maximum absolute atomic E-state index is 13.7. The van der Waals surface area contributed by atoms with Crippen LogP contribution in [0.1, 0.15) is 43.8 Å². The highest BCUT2D eigenvalue weighted by molar-refractivity contribution is 7.21. The van der Waals surface area contributed by atoms with Gasteiger partial charge in [0.2, 0.25) is 0 Å². The number of benzene rings is 1. The lowest BCUT2D eigenvalue weighted by Crippen LogP contribution is -2.16. The lowest BCUT2D eigenvalue weighted by atomic mass is 10.0. The minimum atomic E-state index is -2.87. The fraction of sp³-hybridized carbons (Fsp3) is 0.154. The number of amides is 2. The summed E-state index contributed by atoms with van der Waals surface area (Å²) in [6.45, 7) is 1.73. The van der Waals surface area contributed by atoms with Crippen molar-refractivity contribution in [2.24, 2.45) is 12.8 Å². The molecule has 1 aromatic carbocycles. The first-order valence-corrected chi connectivity index (χ1v) is 12.3. The molecular weight excluding hydrogens is 535 g/mol. The van der Waals surface area contributed by atoms with Crippen LogP contribution in [0.5, 0.6) is 5.75 Å². The zero-order chi connectivity index (χ0) is 27.8. The van der Waals surface area contributed by atoms with E-state index in [4.69, 9.17) is 14.9 Å². The van der Waals surface area contributed by atoms with E-state index in [0.717, 1.165) is 11.3 Å². The molecule has 0 saturated carbocycles. The van der Waals surface area contributed by atoms with E-state index < -0.39 is 29.8 Å². The van der Waals surface area contributed by atoms with E-state index in [1.54, 1.807) is 18.7 Å². The quantitative estimate of drug-likeness (QED) is 0.257. The predicted molar refractivity (Wildman–Crippen MR) is 137 cm³/mol. The third-order valence-electron chi connectivity index (χ3n) is 5.97. The van der Waals surface area contributed by atoms with Crippen LogP contribution in [0.4, 0.5) is 18.9 Å². The van der Waals surface area contributed by atoms with Gasteiger partial charge in [-0.2, -0.15) is 5.10 Å². The van der Waals surface area contributed by atoms with Crippen molar-refractivity contribution < 1.29 is 31.9 Å². The number of hydrogen-bond acceptors (Lipinski definition) is 7. The fourth-order valence-corrected chi connectivity index (χ4v) is 4.95. The average molecular weight is 556 g/mol. The molecule has 0 saturated heterocycles. The molecule has 9 nitrogen and oxygen atoms in total. The van der Waals surface area contributed by atoms with Crippen LogP contribution in [0, 0.1) is 12.7 Å². The van der Waals surface area contributed by atoms with Crippen molar-refractivity contribution in [2.45, 2.75) is 20.0 Å². The number of carbonyl (C=O) groups excluding carboxylic acids is 2. The van der Waals surface area contributed by atoms with Gasteiger partial charge in [-0.15, -0.1) is 11.3 Å². The summed E-state index contributed by atoms with van der Waals surface area (Å²) in [7, 11) is 1.70. The van der Waals surface area contributed by atoms with Crippen LogP contribution in [0.3, 0.4) is 0 Å². The van der Waals surface area contributed by atoms with E-state index in [9.17, 15) is 22.8 Å². The second-order valence-corrected chi connectivity index (χ2v) is 9.47. The van der Waals surface area contributed by atoms with Crippen molar-refractivity contribution in [2.75, 3.05) is 5.32 Å². The normalized spacial score (nSPS) is 11.3. The number of carbonyl (C=O) groups is 2. The average Bonchev–Trinajstić information content (AvgIpc) is 3.61. The number of thiophene rings is 1. The van der Waals surface area contributed by atoms with Crippen molar-refractivity contribution in [3.63, 3.8) is 0 Å². The Kier molecular flexibility index (Phi) is 6.83. The lowest BCUT2D eigenvalue weighted by molar-refractivity contribution is 0.0992. The Morgan fingerprint density at radius 3 is 2.56 bits per heavy atom. The Bertz CT molecular complexity index is 1710. The first-order valence-electron chi connectivity index (χ1n) is 11.4. The van der Waals surface area contributed by atoms with Crippen molar-refractivity contribution >= 4 is 39.1 Å². The summed E-state index contributed by atoms with van der Waals surface area (Å²) in [5.74, 6) is -1.37. The Hall–Kier alpha value is -4.65. The monoisotopic (exact) mass is 555 g/mol. The number of halogens is 3. The molecule has 4 heterocycles. The van der Waals surface area contributed by atoms with Gasteiger partial charge in [-0.3, -0.25) is 14.3 Å². The van der Waals surface area contributed by atoms with E-state index in [-0.39, 0.29) is 33.1 Å². The van der Waals surface area contributed by atoms with Crippen LogP contribution >= 0.6 is 11.3 Å². The second kappa shape index (κ2) is 10.3. The fourth-order valence-electron chi connectivity index (χ4n) is 3.94. The number of fused-ring (bicyclic) bond motifs is 1. The van der Waals surface area contributed by atoms with Crippen molar-refractivity contribution in [1.82, 2.24) is 14.8 Å². The number of pyridine rings is 1. The maximum atomic E-state index is 13.7. The molecule has 5 aromatic rings. The van der Waals surface area contributed by atoms with Crippen molar-refractivity contribution in [1.29, 1.82) is 0 Å². The number of nitrogens with zero attached hydrogens (tertiary/aromatic N) is 3. The molecule has 0 fully saturated rings. The Balaban J connectivity index is 1.51. The molecule has 0 aliphatic carbocycles. The van der Waals surface area contributed by atoms with Crippen LogP contribution in [0.2, 0.25) is 0 Å². The molecule has 0 spiro atoms. The number of nitrogens with one attached hydrogen (secondary N) is 1. The number of ether oxygens (including phenoxy) is 1. The topological polar surface area (TPSA) is 125 Å². The number of alkyl halides is 2. The number of nitrogens with two attached hydrogens (primary N) is 1. The summed E-state index contributed by atoms with van der Waals surface area (Å²) in [6.07, 6.45) is -1.37. The SMILES string of the molecule is Cc1c(-c2cc(C(F)F)nc3sc(C(N)=O)c(NC(=O)c4ccc(COc5ccc(F)cc5)o4)c23)cnn1C. The van der Waals surface area contributed by atoms with Gasteiger partial charge in [0.25, 0.3) is 18.2 Å². The van der Waals surface area contributed by atoms with E-state index in [0.29, 0.717) is 28.3 Å². The highest BCUT2D eigenvalue weighted by Gasteiger charge is 2.27. The van der Waals surface area contributed by atoms with Crippen molar-refractivity contribution in [3.8, 4) is 16.9 Å². The molecule has 5 rings (SSSR count). The number of aromatic nitrogens is 3. The van der Waals surface area contributed by atoms with Gasteiger partial charge in [0.05, 0.1) is 11.9 Å². The van der Waals surface area contributed by atoms with Crippen LogP contribution in [0.15, 0.2) is 53.1 Å². The van der Waals surface area contributed by atoms with Gasteiger partial charge in [0, 0.05) is 23.7 Å². The smallest absolute Gasteiger partial charge is 0.291 e. The van der Waals surface area contributed by atoms with Gasteiger partial charge < -0.3 is 20.2 Å². The Labute approximate surface area is 223 Å². The van der Waals surface area contributed by atoms with Crippen LogP contribution in [0.25, 0.3) is 21.3 Å². The standard InChI is InChI=1S/C26H20F3N5O4S/c1-12-17(10-31-34(12)2)16-9-18(23(28)29)32-26-20(16)21(22(39-26)24(30)35)33-25(36)19-8-7-15(38-19)11-37-14-5-3-13(27)4-6-14/h3-10,23H,11H2,1-2H3,(H2,30,35)(H,33,36). The summed E-state index contributed by atoms with van der Waals surface area (Å²) in [6, 6.07) is 9.55. The zero-order valence-corrected chi connectivity index (χ0v) is 21.3. The molecule has 0 bridgehead atoms. The summed E-state index contributed by atoms with van der Waals surface area (Å²) < 4.78 is 53.2. The molecule has 0 atom stereocenters. The molecule has 13 heteroatoms. The van der Waals surface area contributed by atoms with Crippen LogP contribution in [-0.4, -0.2) is 26.6 Å². The number of furan rings is 1. The molecule has 0 radical (unpaired) electrons. The van der Waals surface area contributed by atoms with Crippen LogP contribution < -0.4 is 15.8 Å². The molecule has 200 valence electrons. The number of primary amides is 1. The van der Waals surface area contributed by atoms with Gasteiger partial charge in [-0.05, 0) is 55.0 Å². The summed E-state index contributed by atoms with van der Waals surface area (Å²) in [4.78, 5) is 29.5. The molecule has 4 aromatic heterocycles. The van der Waals surface area contributed by atoms with E-state index >= 15 is 0 Å². The largest absolute Gasteiger partial charge is 0.486 e. The Morgan fingerprint density at radius 2 is 1.92 bits per heavy atom. The minimum Gasteiger partial charge on any atom is -0.486 e. The highest BCUT2D eigenvalue weighted by atomic mass is 32.1. The van der Waals surface area contributed by atoms with E-state index in [1.807, 2.05) is 0 Å². The van der Waals surface area contributed by atoms with Gasteiger partial charge in [-0.25, -0.2) is 18.2 Å². The third kappa shape index (κ3) is 5.08. The number of hydrogen-bond donors (Lipinski definition) is 2. The predicted octanol–water partition coefficient (Wildman–Crippen LogP) is 5.61. The van der Waals surface area contributed by atoms with Gasteiger partial charge in [-0.1, -0.05) is 0 Å². The zero-order valence-electron chi connectivity index (χ0n) is 20.5. The molecular formula is C26H20F3N5O4S. The van der Waals surface area contributed by atoms with Crippen LogP contribution in [-0.2, 0) is 13.7 Å². The summed E-state index contributed by atoms with van der Waals surface area (Å²) in [5, 5.41) is 7.11. The molecule has 0 unspecified atom stereocenters. The summed E-state index contributed by atoms with van der Waals surface area (Å²) >= 11 is 0.796. The van der Waals surface area contributed by atoms with Gasteiger partial charge in [0.1, 0.15) is 39.3 Å². The summed E-state index contributed by atoms with van der Waals surface area (Å²) in [5.41, 5.74) is 6.63. The van der Waals surface area contributed by atoms with Crippen molar-refractivity contribution in [3.05, 3.63) is 82.3 Å². The van der Waals surface area contributed by atoms with Gasteiger partial charge in [0.15, 0.2) is 5.76 Å². The van der Waals surface area contributed by atoms with Gasteiger partial charge >= 0.3 is 0 Å². The second-order valence-electron chi connectivity index (χ2n) is 8.48. The van der Waals surface area contributed by atoms with E-state index in [1.165, 1.54) is 48.7 Å². The molecule has 0 aliphatic heterocycles. The molecule has 2 amide bonds. The lowest BCUT2D eigenvalue weighted by Gasteiger charge is -2.10. The number of rotatable bonds is 8. The minimum absolute atomic E-state index is 0.0274. The Morgan fingerprint density at radius 1 is 1.18 bits per heavy atom. The first-order chi connectivity index (χ1) is 18.6. The maximum Gasteiger partial charge on any atom is 0.291 e. The molecule has 0 aliphatic rings. The number of aryl methyl sites for hydroxylation is 1. The third-order valence-corrected chi connectivity index (χ3v) is 7.07. The highest BCUT2D eigenvalue weighted by Crippen LogP contribution is 2.43. The molecule has 39 heavy (non-hydrogen) atoms.